The van der Waals surface area contributed by atoms with Gasteiger partial charge in [0.15, 0.2) is 0 Å². The Morgan fingerprint density at radius 1 is 0.625 bits per heavy atom. The third-order valence-corrected chi connectivity index (χ3v) is 6.23. The highest BCUT2D eigenvalue weighted by Crippen LogP contribution is 2.47. The Morgan fingerprint density at radius 2 is 1.44 bits per heavy atom. The van der Waals surface area contributed by atoms with Gasteiger partial charge >= 0.3 is 0 Å². The lowest BCUT2D eigenvalue weighted by Gasteiger charge is -2.22. The number of hydrogen-bond donors (Lipinski definition) is 0. The monoisotopic (exact) mass is 410 g/mol. The van der Waals surface area contributed by atoms with Gasteiger partial charge in [-0.15, -0.1) is 0 Å². The molecular weight excluding hydrogens is 392 g/mol. The van der Waals surface area contributed by atoms with E-state index in [9.17, 15) is 0 Å². The molecule has 1 aliphatic heterocycles. The van der Waals surface area contributed by atoms with Crippen LogP contribution in [0.4, 0.5) is 0 Å². The second-order valence-electron chi connectivity index (χ2n) is 8.14. The summed E-state index contributed by atoms with van der Waals surface area (Å²) in [4.78, 5) is 4.73. The summed E-state index contributed by atoms with van der Waals surface area (Å²) in [5.74, 6) is 1.83. The molecule has 7 rings (SSSR count). The Balaban J connectivity index is 1.30. The van der Waals surface area contributed by atoms with E-state index in [1.807, 2.05) is 40.9 Å². The fourth-order valence-electron chi connectivity index (χ4n) is 4.65. The predicted molar refractivity (Wildman–Crippen MR) is 129 cm³/mol. The van der Waals surface area contributed by atoms with E-state index in [0.29, 0.717) is 0 Å². The third kappa shape index (κ3) is 2.58. The summed E-state index contributed by atoms with van der Waals surface area (Å²) in [7, 11) is 0. The van der Waals surface area contributed by atoms with Gasteiger partial charge in [-0.3, -0.25) is 0 Å². The van der Waals surface area contributed by atoms with Crippen molar-refractivity contribution >= 4 is 16.4 Å². The number of ether oxygens (including phenoxy) is 1. The Labute approximate surface area is 185 Å². The molecule has 0 saturated carbocycles. The van der Waals surface area contributed by atoms with Crippen LogP contribution in [-0.2, 0) is 0 Å². The van der Waals surface area contributed by atoms with Crippen molar-refractivity contribution in [3.05, 3.63) is 109 Å². The van der Waals surface area contributed by atoms with E-state index in [1.54, 1.807) is 0 Å². The number of pyridine rings is 1. The van der Waals surface area contributed by atoms with Crippen LogP contribution in [0, 0.1) is 0 Å². The van der Waals surface area contributed by atoms with E-state index in [0.717, 1.165) is 34.0 Å². The van der Waals surface area contributed by atoms with Gasteiger partial charge in [0.05, 0.1) is 5.69 Å². The topological polar surface area (TPSA) is 26.5 Å². The first-order valence-corrected chi connectivity index (χ1v) is 10.7. The fourth-order valence-corrected chi connectivity index (χ4v) is 4.65. The van der Waals surface area contributed by atoms with Crippen molar-refractivity contribution in [2.24, 2.45) is 0 Å². The minimum absolute atomic E-state index is 0.904. The molecule has 2 aromatic heterocycles. The quantitative estimate of drug-likeness (QED) is 0.293. The summed E-state index contributed by atoms with van der Waals surface area (Å²) in [5, 5.41) is 2.38. The number of nitrogens with zero attached hydrogens (tertiary/aromatic N) is 2. The average Bonchev–Trinajstić information content (AvgIpc) is 3.29. The summed E-state index contributed by atoms with van der Waals surface area (Å²) in [6.07, 6.45) is 4.09. The summed E-state index contributed by atoms with van der Waals surface area (Å²) < 4.78 is 8.28. The van der Waals surface area contributed by atoms with Crippen LogP contribution in [0.15, 0.2) is 109 Å². The zero-order valence-electron chi connectivity index (χ0n) is 17.2. The van der Waals surface area contributed by atoms with E-state index in [1.165, 1.54) is 27.5 Å². The lowest BCUT2D eigenvalue weighted by molar-refractivity contribution is 0.487. The maximum atomic E-state index is 6.24. The highest BCUT2D eigenvalue weighted by molar-refractivity contribution is 6.04. The molecule has 0 atom stereocenters. The number of fused-ring (bicyclic) bond motifs is 3. The van der Waals surface area contributed by atoms with Crippen molar-refractivity contribution in [1.29, 1.82) is 0 Å². The van der Waals surface area contributed by atoms with Gasteiger partial charge < -0.3 is 9.14 Å². The number of benzene rings is 4. The molecule has 0 saturated heterocycles. The van der Waals surface area contributed by atoms with Gasteiger partial charge in [0.1, 0.15) is 17.1 Å². The molecule has 0 fully saturated rings. The van der Waals surface area contributed by atoms with E-state index in [-0.39, 0.29) is 0 Å². The molecule has 1 aliphatic rings. The molecule has 0 amide bonds. The summed E-state index contributed by atoms with van der Waals surface area (Å²) in [5.41, 5.74) is 7.74. The van der Waals surface area contributed by atoms with Crippen molar-refractivity contribution in [2.75, 3.05) is 0 Å². The molecule has 6 aromatic rings. The molecular formula is C29H18N2O. The van der Waals surface area contributed by atoms with E-state index in [4.69, 9.17) is 9.72 Å². The summed E-state index contributed by atoms with van der Waals surface area (Å²) >= 11 is 0. The molecule has 3 heterocycles. The standard InChI is InChI=1S/C29H18N2O/c1-2-16-31-18-25(30-28(31)9-1)20-12-10-19(11-13-20)22-14-15-26-24(17-22)23-7-3-5-21-6-4-8-27(32-26)29(21)23/h1-18H. The third-order valence-electron chi connectivity index (χ3n) is 6.23. The molecule has 0 N–H and O–H groups in total. The first-order valence-electron chi connectivity index (χ1n) is 10.7. The summed E-state index contributed by atoms with van der Waals surface area (Å²) in [6, 6.07) is 33.8. The first kappa shape index (κ1) is 17.3. The maximum absolute atomic E-state index is 6.24. The van der Waals surface area contributed by atoms with Gasteiger partial charge in [-0.1, -0.05) is 66.7 Å². The van der Waals surface area contributed by atoms with Gasteiger partial charge in [0, 0.05) is 28.9 Å². The Morgan fingerprint density at radius 3 is 2.31 bits per heavy atom. The zero-order chi connectivity index (χ0) is 21.1. The lowest BCUT2D eigenvalue weighted by atomic mass is 9.92. The Kier molecular flexibility index (Phi) is 3.55. The van der Waals surface area contributed by atoms with Crippen molar-refractivity contribution in [1.82, 2.24) is 9.38 Å². The summed E-state index contributed by atoms with van der Waals surface area (Å²) in [6.45, 7) is 0. The molecule has 3 heteroatoms. The fraction of sp³-hybridized carbons (Fsp3) is 0. The van der Waals surface area contributed by atoms with Crippen molar-refractivity contribution in [3.8, 4) is 45.0 Å². The number of aromatic nitrogens is 2. The van der Waals surface area contributed by atoms with Gasteiger partial charge in [0.25, 0.3) is 0 Å². The minimum atomic E-state index is 0.904. The molecule has 3 nitrogen and oxygen atoms in total. The van der Waals surface area contributed by atoms with E-state index < -0.39 is 0 Å². The van der Waals surface area contributed by atoms with Gasteiger partial charge in [-0.25, -0.2) is 4.98 Å². The van der Waals surface area contributed by atoms with Crippen LogP contribution in [0.5, 0.6) is 11.5 Å². The lowest BCUT2D eigenvalue weighted by Crippen LogP contribution is -1.97. The molecule has 0 spiro atoms. The Hall–Kier alpha value is -4.37. The van der Waals surface area contributed by atoms with E-state index in [2.05, 4.69) is 72.9 Å². The van der Waals surface area contributed by atoms with Crippen LogP contribution in [0.3, 0.4) is 0 Å². The number of imidazole rings is 1. The molecule has 150 valence electrons. The van der Waals surface area contributed by atoms with Crippen LogP contribution in [-0.4, -0.2) is 9.38 Å². The highest BCUT2D eigenvalue weighted by atomic mass is 16.5. The van der Waals surface area contributed by atoms with Crippen LogP contribution >= 0.6 is 0 Å². The molecule has 32 heavy (non-hydrogen) atoms. The maximum Gasteiger partial charge on any atom is 0.137 e. The smallest absolute Gasteiger partial charge is 0.137 e. The van der Waals surface area contributed by atoms with Gasteiger partial charge in [-0.05, 0) is 52.4 Å². The molecule has 0 unspecified atom stereocenters. The molecule has 0 bridgehead atoms. The highest BCUT2D eigenvalue weighted by Gasteiger charge is 2.20. The average molecular weight is 410 g/mol. The van der Waals surface area contributed by atoms with Crippen LogP contribution in [0.2, 0.25) is 0 Å². The van der Waals surface area contributed by atoms with Crippen molar-refractivity contribution in [3.63, 3.8) is 0 Å². The van der Waals surface area contributed by atoms with Crippen molar-refractivity contribution < 1.29 is 4.74 Å². The van der Waals surface area contributed by atoms with Crippen LogP contribution in [0.25, 0.3) is 49.9 Å². The second kappa shape index (κ2) is 6.56. The first-order chi connectivity index (χ1) is 15.8. The number of rotatable bonds is 2. The molecule has 0 aliphatic carbocycles. The predicted octanol–water partition coefficient (Wildman–Crippen LogP) is 7.59. The largest absolute Gasteiger partial charge is 0.456 e. The van der Waals surface area contributed by atoms with Crippen molar-refractivity contribution in [2.45, 2.75) is 0 Å². The SMILES string of the molecule is c1cc2c3c(cccc3c1)-c1cc(-c3ccc(-c4cn5ccccc5n4)cc3)ccc1O2. The zero-order valence-corrected chi connectivity index (χ0v) is 17.2. The van der Waals surface area contributed by atoms with Crippen LogP contribution < -0.4 is 4.74 Å². The minimum Gasteiger partial charge on any atom is -0.456 e. The Bertz CT molecular complexity index is 1610. The van der Waals surface area contributed by atoms with E-state index >= 15 is 0 Å². The second-order valence-corrected chi connectivity index (χ2v) is 8.14. The number of hydrogen-bond acceptors (Lipinski definition) is 2. The van der Waals surface area contributed by atoms with Gasteiger partial charge in [0.2, 0.25) is 0 Å². The molecule has 0 radical (unpaired) electrons. The molecule has 4 aromatic carbocycles. The van der Waals surface area contributed by atoms with Gasteiger partial charge in [-0.2, -0.15) is 0 Å². The van der Waals surface area contributed by atoms with Crippen LogP contribution in [0.1, 0.15) is 0 Å². The normalized spacial score (nSPS) is 12.0.